The fourth-order valence-corrected chi connectivity index (χ4v) is 3.11. The fourth-order valence-electron chi connectivity index (χ4n) is 2.71. The molecule has 1 aliphatic heterocycles. The lowest BCUT2D eigenvalue weighted by atomic mass is 10.1. The molecule has 106 valence electrons. The van der Waals surface area contributed by atoms with Gasteiger partial charge in [-0.25, -0.2) is 4.39 Å². The zero-order chi connectivity index (χ0) is 13.8. The van der Waals surface area contributed by atoms with Crippen molar-refractivity contribution in [2.45, 2.75) is 38.8 Å². The minimum absolute atomic E-state index is 0.207. The predicted octanol–water partition coefficient (Wildman–Crippen LogP) is 3.72. The van der Waals surface area contributed by atoms with Crippen molar-refractivity contribution in [3.63, 3.8) is 0 Å². The number of likely N-dealkylation sites (tertiary alicyclic amines) is 1. The largest absolute Gasteiger partial charge is 0.306 e. The van der Waals surface area contributed by atoms with Gasteiger partial charge >= 0.3 is 0 Å². The summed E-state index contributed by atoms with van der Waals surface area (Å²) in [4.78, 5) is 2.50. The summed E-state index contributed by atoms with van der Waals surface area (Å²) in [6, 6.07) is 5.89. The molecule has 0 amide bonds. The van der Waals surface area contributed by atoms with E-state index >= 15 is 0 Å². The minimum Gasteiger partial charge on any atom is -0.306 e. The molecule has 0 radical (unpaired) electrons. The van der Waals surface area contributed by atoms with E-state index in [0.29, 0.717) is 10.5 Å². The van der Waals surface area contributed by atoms with Crippen molar-refractivity contribution in [3.05, 3.63) is 34.1 Å². The van der Waals surface area contributed by atoms with E-state index in [2.05, 4.69) is 40.0 Å². The van der Waals surface area contributed by atoms with Gasteiger partial charge in [0.05, 0.1) is 4.47 Å². The van der Waals surface area contributed by atoms with Crippen LogP contribution in [0.5, 0.6) is 0 Å². The second-order valence-corrected chi connectivity index (χ2v) is 6.33. The number of hydrogen-bond acceptors (Lipinski definition) is 2. The van der Waals surface area contributed by atoms with E-state index in [1.54, 1.807) is 0 Å². The van der Waals surface area contributed by atoms with Crippen LogP contribution in [0.2, 0.25) is 0 Å². The second kappa shape index (κ2) is 6.82. The van der Waals surface area contributed by atoms with Gasteiger partial charge in [-0.15, -0.1) is 0 Å². The van der Waals surface area contributed by atoms with E-state index in [9.17, 15) is 4.39 Å². The maximum absolute atomic E-state index is 13.2. The van der Waals surface area contributed by atoms with Gasteiger partial charge in [-0.2, -0.15) is 0 Å². The highest BCUT2D eigenvalue weighted by atomic mass is 79.9. The van der Waals surface area contributed by atoms with Gasteiger partial charge in [-0.3, -0.25) is 0 Å². The molecule has 1 aromatic carbocycles. The van der Waals surface area contributed by atoms with E-state index in [0.717, 1.165) is 12.1 Å². The lowest BCUT2D eigenvalue weighted by Crippen LogP contribution is -2.39. The summed E-state index contributed by atoms with van der Waals surface area (Å²) in [7, 11) is 0. The molecule has 1 heterocycles. The molecule has 0 saturated carbocycles. The van der Waals surface area contributed by atoms with Crippen LogP contribution in [0.1, 0.15) is 38.3 Å². The fraction of sp³-hybridized carbons (Fsp3) is 0.600. The maximum atomic E-state index is 13.2. The number of nitrogens with zero attached hydrogens (tertiary/aromatic N) is 1. The molecule has 1 N–H and O–H groups in total. The molecule has 4 heteroatoms. The normalized spacial score (nSPS) is 19.6. The van der Waals surface area contributed by atoms with Crippen LogP contribution in [-0.4, -0.2) is 30.6 Å². The Labute approximate surface area is 123 Å². The molecule has 0 aromatic heterocycles. The summed E-state index contributed by atoms with van der Waals surface area (Å²) in [5.74, 6) is -0.207. The zero-order valence-corrected chi connectivity index (χ0v) is 13.2. The topological polar surface area (TPSA) is 15.3 Å². The molecule has 1 fully saturated rings. The van der Waals surface area contributed by atoms with Crippen LogP contribution in [0.4, 0.5) is 4.39 Å². The summed E-state index contributed by atoms with van der Waals surface area (Å²) >= 11 is 3.24. The molecule has 2 nitrogen and oxygen atoms in total. The summed E-state index contributed by atoms with van der Waals surface area (Å²) in [6.45, 7) is 7.88. The third-order valence-corrected chi connectivity index (χ3v) is 4.32. The maximum Gasteiger partial charge on any atom is 0.137 e. The van der Waals surface area contributed by atoms with Gasteiger partial charge in [0.25, 0.3) is 0 Å². The van der Waals surface area contributed by atoms with Crippen LogP contribution >= 0.6 is 15.9 Å². The van der Waals surface area contributed by atoms with Gasteiger partial charge in [-0.1, -0.05) is 6.07 Å². The van der Waals surface area contributed by atoms with Crippen LogP contribution in [0.15, 0.2) is 22.7 Å². The molecule has 0 spiro atoms. The molecule has 2 rings (SSSR count). The Kier molecular flexibility index (Phi) is 5.37. The third kappa shape index (κ3) is 4.26. The Morgan fingerprint density at radius 3 is 2.63 bits per heavy atom. The summed E-state index contributed by atoms with van der Waals surface area (Å²) in [5, 5.41) is 3.58. The SMILES string of the molecule is CC(CN1CCCC1)NC(C)c1ccc(F)c(Br)c1. The Hall–Kier alpha value is -0.450. The van der Waals surface area contributed by atoms with Crippen LogP contribution in [0, 0.1) is 5.82 Å². The van der Waals surface area contributed by atoms with E-state index in [1.165, 1.54) is 32.0 Å². The minimum atomic E-state index is -0.207. The van der Waals surface area contributed by atoms with E-state index < -0.39 is 0 Å². The zero-order valence-electron chi connectivity index (χ0n) is 11.6. The molecule has 0 bridgehead atoms. The first-order chi connectivity index (χ1) is 9.06. The molecular weight excluding hydrogens is 307 g/mol. The van der Waals surface area contributed by atoms with Crippen molar-refractivity contribution in [3.8, 4) is 0 Å². The van der Waals surface area contributed by atoms with Gasteiger partial charge < -0.3 is 10.2 Å². The van der Waals surface area contributed by atoms with Gasteiger partial charge in [0.1, 0.15) is 5.82 Å². The number of nitrogens with one attached hydrogen (secondary N) is 1. The Balaban J connectivity index is 1.88. The molecule has 1 aliphatic rings. The summed E-state index contributed by atoms with van der Waals surface area (Å²) in [6.07, 6.45) is 2.65. The van der Waals surface area contributed by atoms with Crippen LogP contribution in [0.3, 0.4) is 0 Å². The van der Waals surface area contributed by atoms with E-state index in [-0.39, 0.29) is 11.9 Å². The molecule has 19 heavy (non-hydrogen) atoms. The highest BCUT2D eigenvalue weighted by Crippen LogP contribution is 2.21. The quantitative estimate of drug-likeness (QED) is 0.886. The van der Waals surface area contributed by atoms with Crippen molar-refractivity contribution in [1.82, 2.24) is 10.2 Å². The third-order valence-electron chi connectivity index (χ3n) is 3.71. The van der Waals surface area contributed by atoms with Crippen LogP contribution in [-0.2, 0) is 0 Å². The lowest BCUT2D eigenvalue weighted by molar-refractivity contribution is 0.289. The van der Waals surface area contributed by atoms with Gasteiger partial charge in [-0.05, 0) is 73.4 Å². The average Bonchev–Trinajstić information content (AvgIpc) is 2.85. The monoisotopic (exact) mass is 328 g/mol. The molecule has 1 saturated heterocycles. The first-order valence-corrected chi connectivity index (χ1v) is 7.79. The molecule has 2 atom stereocenters. The van der Waals surface area contributed by atoms with Gasteiger partial charge in [0, 0.05) is 18.6 Å². The number of rotatable bonds is 5. The second-order valence-electron chi connectivity index (χ2n) is 5.47. The summed E-state index contributed by atoms with van der Waals surface area (Å²) < 4.78 is 13.8. The highest BCUT2D eigenvalue weighted by Gasteiger charge is 2.16. The standard InChI is InChI=1S/C15H22BrFN2/c1-11(10-19-7-3-4-8-19)18-12(2)13-5-6-15(17)14(16)9-13/h5-6,9,11-12,18H,3-4,7-8,10H2,1-2H3. The van der Waals surface area contributed by atoms with Crippen molar-refractivity contribution < 1.29 is 4.39 Å². The Morgan fingerprint density at radius 1 is 1.32 bits per heavy atom. The Bertz CT molecular complexity index is 419. The smallest absolute Gasteiger partial charge is 0.137 e. The van der Waals surface area contributed by atoms with Crippen molar-refractivity contribution in [2.24, 2.45) is 0 Å². The van der Waals surface area contributed by atoms with Crippen LogP contribution in [0.25, 0.3) is 0 Å². The highest BCUT2D eigenvalue weighted by molar-refractivity contribution is 9.10. The van der Waals surface area contributed by atoms with E-state index in [1.807, 2.05) is 12.1 Å². The lowest BCUT2D eigenvalue weighted by Gasteiger charge is -2.25. The van der Waals surface area contributed by atoms with Crippen molar-refractivity contribution in [1.29, 1.82) is 0 Å². The van der Waals surface area contributed by atoms with Gasteiger partial charge in [0.2, 0.25) is 0 Å². The molecular formula is C15H22BrFN2. The number of benzene rings is 1. The first-order valence-electron chi connectivity index (χ1n) is 6.99. The van der Waals surface area contributed by atoms with E-state index in [4.69, 9.17) is 0 Å². The molecule has 1 aromatic rings. The van der Waals surface area contributed by atoms with Crippen molar-refractivity contribution >= 4 is 15.9 Å². The average molecular weight is 329 g/mol. The molecule has 2 unspecified atom stereocenters. The predicted molar refractivity (Wildman–Crippen MR) is 80.8 cm³/mol. The summed E-state index contributed by atoms with van der Waals surface area (Å²) in [5.41, 5.74) is 1.11. The number of halogens is 2. The van der Waals surface area contributed by atoms with Gasteiger partial charge in [0.15, 0.2) is 0 Å². The van der Waals surface area contributed by atoms with Crippen molar-refractivity contribution in [2.75, 3.05) is 19.6 Å². The van der Waals surface area contributed by atoms with Crippen LogP contribution < -0.4 is 5.32 Å². The first kappa shape index (κ1) is 14.9. The Morgan fingerprint density at radius 2 is 2.00 bits per heavy atom. The number of hydrogen-bond donors (Lipinski definition) is 1. The molecule has 0 aliphatic carbocycles.